The van der Waals surface area contributed by atoms with Crippen LogP contribution in [0.3, 0.4) is 0 Å². The van der Waals surface area contributed by atoms with Gasteiger partial charge >= 0.3 is 13.8 Å². The molecule has 0 aliphatic carbocycles. The number of carbonyl (C=O) groups excluding carboxylic acids is 2. The van der Waals surface area contributed by atoms with Crippen LogP contribution in [-0.4, -0.2) is 54.3 Å². The lowest BCUT2D eigenvalue weighted by Crippen LogP contribution is -2.27. The Morgan fingerprint density at radius 2 is 0.877 bits per heavy atom. The molecule has 0 spiro atoms. The molecule has 0 fully saturated rings. The number of rotatable bonds is 49. The van der Waals surface area contributed by atoms with Crippen LogP contribution in [-0.2, 0) is 27.9 Å². The minimum Gasteiger partial charge on any atom is -0.463 e. The lowest BCUT2D eigenvalue weighted by atomic mass is 10.0. The maximum Gasteiger partial charge on any atom is 0.472 e. The fourth-order valence-electron chi connectivity index (χ4n) is 7.21. The average Bonchev–Trinajstić information content (AvgIpc) is 3.29. The Morgan fingerprint density at radius 1 is 0.492 bits per heavy atom. The van der Waals surface area contributed by atoms with Gasteiger partial charge in [0.2, 0.25) is 5.91 Å². The molecule has 9 nitrogen and oxygen atoms in total. The number of ether oxygens (including phenoxy) is 1. The van der Waals surface area contributed by atoms with Crippen molar-refractivity contribution in [1.29, 1.82) is 0 Å². The van der Waals surface area contributed by atoms with Crippen molar-refractivity contribution in [2.24, 2.45) is 0 Å². The second-order valence-electron chi connectivity index (χ2n) is 17.5. The summed E-state index contributed by atoms with van der Waals surface area (Å²) in [4.78, 5) is 34.1. The first-order valence-corrected chi connectivity index (χ1v) is 27.9. The zero-order valence-electron chi connectivity index (χ0n) is 41.7. The van der Waals surface area contributed by atoms with Crippen molar-refractivity contribution < 1.29 is 37.9 Å². The zero-order chi connectivity index (χ0) is 47.4. The summed E-state index contributed by atoms with van der Waals surface area (Å²) >= 11 is 0. The number of carbonyl (C=O) groups is 2. The van der Waals surface area contributed by atoms with E-state index in [1.54, 1.807) is 0 Å². The highest BCUT2D eigenvalue weighted by Gasteiger charge is 2.23. The molecule has 1 amide bonds. The quantitative estimate of drug-likeness (QED) is 0.0238. The molecule has 0 aromatic carbocycles. The van der Waals surface area contributed by atoms with Crippen molar-refractivity contribution >= 4 is 19.7 Å². The third kappa shape index (κ3) is 52.3. The summed E-state index contributed by atoms with van der Waals surface area (Å²) in [5.74, 6) is -0.538. The number of aliphatic hydroxyl groups excluding tert-OH is 1. The fraction of sp³-hybridized carbons (Fsp3) is 0.745. The summed E-state index contributed by atoms with van der Waals surface area (Å²) in [6.07, 6.45) is 64.1. The number of phosphoric ester groups is 1. The number of hydrogen-bond donors (Lipinski definition) is 3. The van der Waals surface area contributed by atoms with Crippen molar-refractivity contribution in [3.05, 3.63) is 72.9 Å². The van der Waals surface area contributed by atoms with Gasteiger partial charge in [-0.25, -0.2) is 4.57 Å². The normalized spacial score (nSPS) is 13.7. The predicted molar refractivity (Wildman–Crippen MR) is 275 cm³/mol. The zero-order valence-corrected chi connectivity index (χ0v) is 42.6. The number of amides is 1. The van der Waals surface area contributed by atoms with Gasteiger partial charge in [0.05, 0.1) is 13.2 Å². The predicted octanol–water partition coefficient (Wildman–Crippen LogP) is 15.8. The number of esters is 1. The Kier molecular flexibility index (Phi) is 48.9. The number of unbranched alkanes of at least 4 members (excludes halogenated alkanes) is 24. The molecular formula is C55H98NO8P. The van der Waals surface area contributed by atoms with Gasteiger partial charge in [-0.15, -0.1) is 0 Å². The van der Waals surface area contributed by atoms with E-state index in [1.807, 2.05) is 0 Å². The molecule has 0 heterocycles. The van der Waals surface area contributed by atoms with E-state index in [2.05, 4.69) is 92.1 Å². The molecule has 2 atom stereocenters. The smallest absolute Gasteiger partial charge is 0.463 e. The summed E-state index contributed by atoms with van der Waals surface area (Å²) in [6.45, 7) is 3.44. The summed E-state index contributed by atoms with van der Waals surface area (Å²) < 4.78 is 27.0. The molecule has 0 aliphatic heterocycles. The van der Waals surface area contributed by atoms with E-state index < -0.39 is 26.5 Å². The molecule has 0 saturated heterocycles. The molecule has 65 heavy (non-hydrogen) atoms. The number of aliphatic hydroxyl groups is 1. The van der Waals surface area contributed by atoms with E-state index in [9.17, 15) is 24.2 Å². The molecule has 0 radical (unpaired) electrons. The van der Waals surface area contributed by atoms with Crippen LogP contribution in [0.2, 0.25) is 0 Å². The van der Waals surface area contributed by atoms with Crippen molar-refractivity contribution in [2.45, 2.75) is 238 Å². The van der Waals surface area contributed by atoms with Crippen LogP contribution >= 0.6 is 7.82 Å². The summed E-state index contributed by atoms with van der Waals surface area (Å²) in [5.41, 5.74) is 0. The summed E-state index contributed by atoms with van der Waals surface area (Å²) in [5, 5.41) is 12.8. The van der Waals surface area contributed by atoms with Gasteiger partial charge in [-0.2, -0.15) is 0 Å². The lowest BCUT2D eigenvalue weighted by molar-refractivity contribution is -0.147. The van der Waals surface area contributed by atoms with Crippen LogP contribution in [0.1, 0.15) is 232 Å². The van der Waals surface area contributed by atoms with Gasteiger partial charge in [0.25, 0.3) is 0 Å². The van der Waals surface area contributed by atoms with Gasteiger partial charge in [-0.05, 0) is 64.2 Å². The SMILES string of the molecule is CC/C=C\C/C=C\C/C=C\C/C=C\C/C=C\C/C=C\CCCCCCC(=O)OCC(O)COP(=O)(O)OCCNC(=O)CCCCCCCCCCCCCCCCCCCCCCC. The molecule has 0 rings (SSSR count). The van der Waals surface area contributed by atoms with Gasteiger partial charge < -0.3 is 20.1 Å². The van der Waals surface area contributed by atoms with Crippen molar-refractivity contribution in [3.63, 3.8) is 0 Å². The molecular weight excluding hydrogens is 834 g/mol. The Hall–Kier alpha value is -2.55. The largest absolute Gasteiger partial charge is 0.472 e. The molecule has 2 unspecified atom stereocenters. The third-order valence-electron chi connectivity index (χ3n) is 11.2. The fourth-order valence-corrected chi connectivity index (χ4v) is 7.97. The minimum atomic E-state index is -4.43. The van der Waals surface area contributed by atoms with Gasteiger partial charge in [-0.3, -0.25) is 18.6 Å². The number of allylic oxidation sites excluding steroid dienone is 12. The second-order valence-corrected chi connectivity index (χ2v) is 18.9. The highest BCUT2D eigenvalue weighted by atomic mass is 31.2. The molecule has 10 heteroatoms. The maximum atomic E-state index is 12.2. The molecule has 376 valence electrons. The summed E-state index contributed by atoms with van der Waals surface area (Å²) in [6, 6.07) is 0. The van der Waals surface area contributed by atoms with Crippen molar-refractivity contribution in [1.82, 2.24) is 5.32 Å². The first-order valence-electron chi connectivity index (χ1n) is 26.4. The van der Waals surface area contributed by atoms with Crippen LogP contribution in [0.5, 0.6) is 0 Å². The number of hydrogen-bond acceptors (Lipinski definition) is 7. The highest BCUT2D eigenvalue weighted by Crippen LogP contribution is 2.42. The van der Waals surface area contributed by atoms with E-state index in [-0.39, 0.29) is 32.1 Å². The average molecular weight is 932 g/mol. The van der Waals surface area contributed by atoms with Crippen LogP contribution in [0.25, 0.3) is 0 Å². The number of nitrogens with one attached hydrogen (secondary N) is 1. The Balaban J connectivity index is 3.60. The van der Waals surface area contributed by atoms with Crippen molar-refractivity contribution in [3.8, 4) is 0 Å². The molecule has 0 aliphatic rings. The molecule has 0 bridgehead atoms. The lowest BCUT2D eigenvalue weighted by Gasteiger charge is -2.15. The minimum absolute atomic E-state index is 0.0780. The number of phosphoric acid groups is 1. The molecule has 0 aromatic rings. The van der Waals surface area contributed by atoms with E-state index in [0.29, 0.717) is 12.8 Å². The van der Waals surface area contributed by atoms with Crippen LogP contribution in [0.4, 0.5) is 0 Å². The summed E-state index contributed by atoms with van der Waals surface area (Å²) in [7, 11) is -4.43. The van der Waals surface area contributed by atoms with Gasteiger partial charge in [0.1, 0.15) is 12.7 Å². The van der Waals surface area contributed by atoms with Crippen LogP contribution in [0.15, 0.2) is 72.9 Å². The van der Waals surface area contributed by atoms with E-state index >= 15 is 0 Å². The second kappa shape index (κ2) is 50.9. The molecule has 0 saturated carbocycles. The monoisotopic (exact) mass is 932 g/mol. The van der Waals surface area contributed by atoms with Crippen LogP contribution in [0, 0.1) is 0 Å². The third-order valence-corrected chi connectivity index (χ3v) is 12.1. The Bertz CT molecular complexity index is 1290. The van der Waals surface area contributed by atoms with Gasteiger partial charge in [0, 0.05) is 19.4 Å². The first-order chi connectivity index (χ1) is 31.8. The van der Waals surface area contributed by atoms with Crippen molar-refractivity contribution in [2.75, 3.05) is 26.4 Å². The van der Waals surface area contributed by atoms with Crippen LogP contribution < -0.4 is 5.32 Å². The molecule has 3 N–H and O–H groups in total. The maximum absolute atomic E-state index is 12.2. The van der Waals surface area contributed by atoms with E-state index in [0.717, 1.165) is 83.5 Å². The van der Waals surface area contributed by atoms with Gasteiger partial charge in [-0.1, -0.05) is 228 Å². The highest BCUT2D eigenvalue weighted by molar-refractivity contribution is 7.47. The Morgan fingerprint density at radius 3 is 1.32 bits per heavy atom. The molecule has 0 aromatic heterocycles. The van der Waals surface area contributed by atoms with Gasteiger partial charge in [0.15, 0.2) is 0 Å². The van der Waals surface area contributed by atoms with E-state index in [1.165, 1.54) is 116 Å². The standard InChI is InChI=1S/C55H98NO8P/c1-3-5-7-9-11-13-15-17-19-21-23-25-26-28-30-32-34-36-38-40-42-44-46-48-55(59)62-51-53(57)52-64-65(60,61)63-50-49-56-54(58)47-45-43-41-39-37-35-33-31-29-27-24-22-20-18-16-14-12-10-8-6-4-2/h5,7,11,13,17,19,23,25,28,30,34,36,53,57H,3-4,6,8-10,12,14-16,18,20-22,24,26-27,29,31-33,35,37-52H2,1-2H3,(H,56,58)(H,60,61)/b7-5-,13-11-,19-17-,25-23-,30-28-,36-34-. The Labute approximate surface area is 399 Å². The topological polar surface area (TPSA) is 131 Å². The first kappa shape index (κ1) is 62.4. The van der Waals surface area contributed by atoms with E-state index in [4.69, 9.17) is 13.8 Å².